The van der Waals surface area contributed by atoms with E-state index in [9.17, 15) is 4.79 Å². The highest BCUT2D eigenvalue weighted by molar-refractivity contribution is 5.69. The van der Waals surface area contributed by atoms with Crippen LogP contribution in [0.5, 0.6) is 0 Å². The number of hydrogen-bond acceptors (Lipinski definition) is 3. The van der Waals surface area contributed by atoms with Gasteiger partial charge in [-0.3, -0.25) is 4.79 Å². The van der Waals surface area contributed by atoms with Crippen molar-refractivity contribution in [1.82, 2.24) is 9.55 Å². The molecule has 0 aliphatic heterocycles. The third kappa shape index (κ3) is 4.47. The average Bonchev–Trinajstić information content (AvgIpc) is 2.58. The summed E-state index contributed by atoms with van der Waals surface area (Å²) in [6, 6.07) is 0. The highest BCUT2D eigenvalue weighted by Crippen LogP contribution is 2.04. The van der Waals surface area contributed by atoms with E-state index >= 15 is 0 Å². The molecule has 0 radical (unpaired) electrons. The van der Waals surface area contributed by atoms with Gasteiger partial charge in [-0.05, 0) is 33.6 Å². The standard InChI is InChI=1S/C12H20N2O2/c1-10(2)16-12(15)6-4-5-8-14-9-7-13-11(14)3/h7,9-10H,4-6,8H2,1-3H3. The molecule has 1 rings (SSSR count). The molecule has 0 unspecified atom stereocenters. The Hall–Kier alpha value is -1.32. The van der Waals surface area contributed by atoms with Crippen molar-refractivity contribution in [3.05, 3.63) is 18.2 Å². The minimum absolute atomic E-state index is 0.0107. The second-order valence-electron chi connectivity index (χ2n) is 4.16. The van der Waals surface area contributed by atoms with E-state index in [1.54, 1.807) is 6.20 Å². The first-order valence-corrected chi connectivity index (χ1v) is 5.77. The van der Waals surface area contributed by atoms with Crippen LogP contribution in [-0.4, -0.2) is 21.6 Å². The highest BCUT2D eigenvalue weighted by Gasteiger charge is 2.05. The molecular formula is C12H20N2O2. The van der Waals surface area contributed by atoms with Gasteiger partial charge in [0.1, 0.15) is 5.82 Å². The molecule has 1 aromatic heterocycles. The summed E-state index contributed by atoms with van der Waals surface area (Å²) in [5.41, 5.74) is 0. The SMILES string of the molecule is Cc1nccn1CCCCC(=O)OC(C)C. The molecule has 0 bridgehead atoms. The number of nitrogens with zero attached hydrogens (tertiary/aromatic N) is 2. The van der Waals surface area contributed by atoms with Crippen LogP contribution in [0.1, 0.15) is 38.9 Å². The van der Waals surface area contributed by atoms with E-state index in [2.05, 4.69) is 9.55 Å². The Kier molecular flexibility index (Phi) is 5.02. The lowest BCUT2D eigenvalue weighted by atomic mass is 10.2. The first kappa shape index (κ1) is 12.7. The Morgan fingerprint density at radius 3 is 2.81 bits per heavy atom. The summed E-state index contributed by atoms with van der Waals surface area (Å²) in [7, 11) is 0. The van der Waals surface area contributed by atoms with Gasteiger partial charge in [-0.2, -0.15) is 0 Å². The largest absolute Gasteiger partial charge is 0.463 e. The van der Waals surface area contributed by atoms with Gasteiger partial charge < -0.3 is 9.30 Å². The van der Waals surface area contributed by atoms with Gasteiger partial charge in [0.15, 0.2) is 0 Å². The maximum absolute atomic E-state index is 11.2. The van der Waals surface area contributed by atoms with Gasteiger partial charge in [-0.15, -0.1) is 0 Å². The monoisotopic (exact) mass is 224 g/mol. The fourth-order valence-corrected chi connectivity index (χ4v) is 1.51. The minimum Gasteiger partial charge on any atom is -0.463 e. The van der Waals surface area contributed by atoms with Crippen molar-refractivity contribution in [3.63, 3.8) is 0 Å². The fraction of sp³-hybridized carbons (Fsp3) is 0.667. The average molecular weight is 224 g/mol. The second-order valence-corrected chi connectivity index (χ2v) is 4.16. The van der Waals surface area contributed by atoms with Gasteiger partial charge in [0.25, 0.3) is 0 Å². The first-order valence-electron chi connectivity index (χ1n) is 5.77. The number of rotatable bonds is 6. The Morgan fingerprint density at radius 1 is 1.50 bits per heavy atom. The van der Waals surface area contributed by atoms with Crippen LogP contribution in [0.4, 0.5) is 0 Å². The molecule has 0 N–H and O–H groups in total. The number of hydrogen-bond donors (Lipinski definition) is 0. The lowest BCUT2D eigenvalue weighted by molar-refractivity contribution is -0.147. The number of aryl methyl sites for hydroxylation is 2. The van der Waals surface area contributed by atoms with Crippen LogP contribution in [0, 0.1) is 6.92 Å². The molecule has 0 aliphatic carbocycles. The van der Waals surface area contributed by atoms with Crippen LogP contribution in [0.3, 0.4) is 0 Å². The first-order chi connectivity index (χ1) is 7.59. The Morgan fingerprint density at radius 2 is 2.25 bits per heavy atom. The summed E-state index contributed by atoms with van der Waals surface area (Å²) in [6.07, 6.45) is 6.09. The maximum atomic E-state index is 11.2. The third-order valence-corrected chi connectivity index (χ3v) is 2.32. The van der Waals surface area contributed by atoms with Crippen LogP contribution in [0.25, 0.3) is 0 Å². The van der Waals surface area contributed by atoms with Crippen LogP contribution in [-0.2, 0) is 16.1 Å². The molecule has 4 heteroatoms. The van der Waals surface area contributed by atoms with Gasteiger partial charge in [0.05, 0.1) is 6.10 Å². The minimum atomic E-state index is -0.0997. The van der Waals surface area contributed by atoms with E-state index in [1.807, 2.05) is 27.0 Å². The maximum Gasteiger partial charge on any atom is 0.306 e. The molecule has 1 aromatic rings. The molecule has 0 aromatic carbocycles. The van der Waals surface area contributed by atoms with Crippen molar-refractivity contribution in [2.75, 3.05) is 0 Å². The summed E-state index contributed by atoms with van der Waals surface area (Å²) in [5.74, 6) is 0.919. The molecule has 0 saturated heterocycles. The molecule has 0 saturated carbocycles. The molecule has 4 nitrogen and oxygen atoms in total. The predicted octanol–water partition coefficient (Wildman–Crippen LogP) is 2.31. The number of ether oxygens (including phenoxy) is 1. The van der Waals surface area contributed by atoms with Crippen LogP contribution < -0.4 is 0 Å². The zero-order valence-electron chi connectivity index (χ0n) is 10.3. The quantitative estimate of drug-likeness (QED) is 0.550. The van der Waals surface area contributed by atoms with Gasteiger partial charge >= 0.3 is 5.97 Å². The summed E-state index contributed by atoms with van der Waals surface area (Å²) in [5, 5.41) is 0. The second kappa shape index (κ2) is 6.30. The van der Waals surface area contributed by atoms with Crippen molar-refractivity contribution in [1.29, 1.82) is 0 Å². The molecular weight excluding hydrogens is 204 g/mol. The smallest absolute Gasteiger partial charge is 0.306 e. The van der Waals surface area contributed by atoms with Gasteiger partial charge in [-0.25, -0.2) is 4.98 Å². The number of carbonyl (C=O) groups is 1. The molecule has 1 heterocycles. The Labute approximate surface area is 96.6 Å². The van der Waals surface area contributed by atoms with Gasteiger partial charge in [-0.1, -0.05) is 0 Å². The van der Waals surface area contributed by atoms with Crippen molar-refractivity contribution < 1.29 is 9.53 Å². The van der Waals surface area contributed by atoms with Crippen LogP contribution in [0.2, 0.25) is 0 Å². The lowest BCUT2D eigenvalue weighted by Gasteiger charge is -2.08. The number of carbonyl (C=O) groups excluding carboxylic acids is 1. The zero-order valence-corrected chi connectivity index (χ0v) is 10.3. The molecule has 16 heavy (non-hydrogen) atoms. The number of unbranched alkanes of at least 4 members (excludes halogenated alkanes) is 1. The van der Waals surface area contributed by atoms with Crippen molar-refractivity contribution in [3.8, 4) is 0 Å². The molecule has 0 atom stereocenters. The Balaban J connectivity index is 2.13. The lowest BCUT2D eigenvalue weighted by Crippen LogP contribution is -2.11. The molecule has 0 fully saturated rings. The summed E-state index contributed by atoms with van der Waals surface area (Å²) >= 11 is 0. The molecule has 0 aliphatic rings. The van der Waals surface area contributed by atoms with Crippen LogP contribution >= 0.6 is 0 Å². The van der Waals surface area contributed by atoms with Crippen molar-refractivity contribution in [2.24, 2.45) is 0 Å². The number of aromatic nitrogens is 2. The molecule has 90 valence electrons. The summed E-state index contributed by atoms with van der Waals surface area (Å²) < 4.78 is 7.14. The van der Waals surface area contributed by atoms with Gasteiger partial charge in [0.2, 0.25) is 0 Å². The zero-order chi connectivity index (χ0) is 12.0. The summed E-state index contributed by atoms with van der Waals surface area (Å²) in [6.45, 7) is 6.63. The highest BCUT2D eigenvalue weighted by atomic mass is 16.5. The molecule has 0 amide bonds. The normalized spacial score (nSPS) is 10.8. The van der Waals surface area contributed by atoms with Crippen LogP contribution in [0.15, 0.2) is 12.4 Å². The van der Waals surface area contributed by atoms with E-state index in [4.69, 9.17) is 4.74 Å². The topological polar surface area (TPSA) is 44.1 Å². The molecule has 0 spiro atoms. The van der Waals surface area contributed by atoms with E-state index < -0.39 is 0 Å². The van der Waals surface area contributed by atoms with E-state index in [1.165, 1.54) is 0 Å². The number of esters is 1. The number of imidazole rings is 1. The van der Waals surface area contributed by atoms with Gasteiger partial charge in [0, 0.05) is 25.4 Å². The Bertz CT molecular complexity index is 332. The van der Waals surface area contributed by atoms with E-state index in [-0.39, 0.29) is 12.1 Å². The van der Waals surface area contributed by atoms with E-state index in [0.717, 1.165) is 25.2 Å². The fourth-order valence-electron chi connectivity index (χ4n) is 1.51. The van der Waals surface area contributed by atoms with Crippen molar-refractivity contribution >= 4 is 5.97 Å². The van der Waals surface area contributed by atoms with E-state index in [0.29, 0.717) is 6.42 Å². The van der Waals surface area contributed by atoms with Crippen molar-refractivity contribution in [2.45, 2.75) is 52.7 Å². The predicted molar refractivity (Wildman–Crippen MR) is 62.0 cm³/mol. The third-order valence-electron chi connectivity index (χ3n) is 2.32. The summed E-state index contributed by atoms with van der Waals surface area (Å²) in [4.78, 5) is 15.4.